The first kappa shape index (κ1) is 14.4. The summed E-state index contributed by atoms with van der Waals surface area (Å²) in [6.07, 6.45) is 3.39. The molecule has 1 nitrogen and oxygen atoms in total. The van der Waals surface area contributed by atoms with Crippen molar-refractivity contribution in [2.45, 2.75) is 23.1 Å². The van der Waals surface area contributed by atoms with Gasteiger partial charge in [-0.3, -0.25) is 0 Å². The maximum absolute atomic E-state index is 13.0. The van der Waals surface area contributed by atoms with Gasteiger partial charge >= 0.3 is 0 Å². The van der Waals surface area contributed by atoms with Gasteiger partial charge in [0.2, 0.25) is 0 Å². The summed E-state index contributed by atoms with van der Waals surface area (Å²) in [6.45, 7) is 4.09. The molecule has 108 valence electrons. The zero-order valence-corrected chi connectivity index (χ0v) is 12.8. The summed E-state index contributed by atoms with van der Waals surface area (Å²) in [4.78, 5) is 2.29. The van der Waals surface area contributed by atoms with Crippen molar-refractivity contribution in [2.24, 2.45) is 0 Å². The molecule has 2 aromatic carbocycles. The van der Waals surface area contributed by atoms with E-state index in [0.717, 1.165) is 24.4 Å². The maximum Gasteiger partial charge on any atom is 0.123 e. The molecule has 0 bridgehead atoms. The quantitative estimate of drug-likeness (QED) is 0.884. The van der Waals surface area contributed by atoms with Crippen LogP contribution < -0.4 is 5.32 Å². The first-order valence-electron chi connectivity index (χ1n) is 7.16. The van der Waals surface area contributed by atoms with E-state index in [-0.39, 0.29) is 5.82 Å². The third kappa shape index (κ3) is 3.55. The fourth-order valence-electron chi connectivity index (χ4n) is 2.46. The molecule has 0 aliphatic carbocycles. The summed E-state index contributed by atoms with van der Waals surface area (Å²) in [6, 6.07) is 13.2. The summed E-state index contributed by atoms with van der Waals surface area (Å²) in [7, 11) is 0. The number of aryl methyl sites for hydroxylation is 1. The molecule has 0 saturated heterocycles. The lowest BCUT2D eigenvalue weighted by Gasteiger charge is -2.18. The second-order valence-corrected chi connectivity index (χ2v) is 6.37. The van der Waals surface area contributed by atoms with Crippen molar-refractivity contribution >= 4 is 17.3 Å². The lowest BCUT2D eigenvalue weighted by Crippen LogP contribution is -2.21. The zero-order valence-electron chi connectivity index (χ0n) is 12.0. The number of hydrogen-bond acceptors (Lipinski definition) is 2. The van der Waals surface area contributed by atoms with Crippen LogP contribution in [0.25, 0.3) is 5.57 Å². The van der Waals surface area contributed by atoms with Gasteiger partial charge in [0.25, 0.3) is 0 Å². The maximum atomic E-state index is 13.0. The van der Waals surface area contributed by atoms with E-state index in [2.05, 4.69) is 36.5 Å². The monoisotopic (exact) mass is 299 g/mol. The van der Waals surface area contributed by atoms with Gasteiger partial charge in [0.05, 0.1) is 0 Å². The Balaban J connectivity index is 1.94. The summed E-state index contributed by atoms with van der Waals surface area (Å²) in [5.74, 6) is -0.192. The van der Waals surface area contributed by atoms with E-state index >= 15 is 0 Å². The highest BCUT2D eigenvalue weighted by atomic mass is 32.2. The van der Waals surface area contributed by atoms with Crippen LogP contribution in [0.4, 0.5) is 4.39 Å². The zero-order chi connectivity index (χ0) is 14.7. The van der Waals surface area contributed by atoms with Crippen LogP contribution in [0.3, 0.4) is 0 Å². The largest absolute Gasteiger partial charge is 0.312 e. The Morgan fingerprint density at radius 1 is 1.10 bits per heavy atom. The molecule has 0 spiro atoms. The minimum Gasteiger partial charge on any atom is -0.312 e. The molecule has 0 fully saturated rings. The highest BCUT2D eigenvalue weighted by molar-refractivity contribution is 7.99. The Bertz CT molecular complexity index is 661. The van der Waals surface area contributed by atoms with Gasteiger partial charge in [0.15, 0.2) is 0 Å². The van der Waals surface area contributed by atoms with Crippen molar-refractivity contribution in [3.05, 3.63) is 65.5 Å². The standard InChI is InChI=1S/C18H18FNS/c1-13-4-9-18(21-16-7-5-15(19)6-8-16)17(11-13)14-3-2-10-20-12-14/h3-9,11,20H,2,10,12H2,1H3. The Hall–Kier alpha value is -1.58. The fourth-order valence-corrected chi connectivity index (χ4v) is 3.42. The number of hydrogen-bond donors (Lipinski definition) is 1. The molecule has 0 aromatic heterocycles. The number of halogens is 1. The summed E-state index contributed by atoms with van der Waals surface area (Å²) in [5.41, 5.74) is 3.91. The molecule has 0 radical (unpaired) electrons. The van der Waals surface area contributed by atoms with Gasteiger partial charge in [-0.1, -0.05) is 35.5 Å². The molecular formula is C18H18FNS. The molecule has 1 aliphatic rings. The van der Waals surface area contributed by atoms with Gasteiger partial charge < -0.3 is 5.32 Å². The van der Waals surface area contributed by atoms with E-state index in [0.29, 0.717) is 0 Å². The second kappa shape index (κ2) is 6.46. The average Bonchev–Trinajstić information content (AvgIpc) is 2.52. The van der Waals surface area contributed by atoms with E-state index in [1.54, 1.807) is 11.8 Å². The molecule has 0 saturated carbocycles. The third-order valence-electron chi connectivity index (χ3n) is 3.55. The molecule has 0 atom stereocenters. The number of rotatable bonds is 3. The van der Waals surface area contributed by atoms with E-state index in [1.807, 2.05) is 12.1 Å². The summed E-state index contributed by atoms with van der Waals surface area (Å²) >= 11 is 1.69. The van der Waals surface area contributed by atoms with Crippen molar-refractivity contribution in [3.63, 3.8) is 0 Å². The lowest BCUT2D eigenvalue weighted by molar-refractivity contribution is 0.626. The van der Waals surface area contributed by atoms with Crippen molar-refractivity contribution in [1.29, 1.82) is 0 Å². The minimum absolute atomic E-state index is 0.192. The predicted octanol–water partition coefficient (Wildman–Crippen LogP) is 4.66. The first-order chi connectivity index (χ1) is 10.2. The normalized spacial score (nSPS) is 14.9. The van der Waals surface area contributed by atoms with E-state index in [1.165, 1.54) is 33.7 Å². The Labute approximate surface area is 129 Å². The van der Waals surface area contributed by atoms with Crippen LogP contribution in [0.15, 0.2) is 58.3 Å². The van der Waals surface area contributed by atoms with Gasteiger partial charge in [0.1, 0.15) is 5.82 Å². The van der Waals surface area contributed by atoms with E-state index in [9.17, 15) is 4.39 Å². The van der Waals surface area contributed by atoms with Crippen LogP contribution in [0, 0.1) is 12.7 Å². The summed E-state index contributed by atoms with van der Waals surface area (Å²) in [5, 5.41) is 3.42. The van der Waals surface area contributed by atoms with Crippen molar-refractivity contribution < 1.29 is 4.39 Å². The molecule has 1 N–H and O–H groups in total. The lowest BCUT2D eigenvalue weighted by atomic mass is 10.0. The van der Waals surface area contributed by atoms with Gasteiger partial charge in [0, 0.05) is 16.3 Å². The molecular weight excluding hydrogens is 281 g/mol. The predicted molar refractivity (Wildman–Crippen MR) is 87.2 cm³/mol. The Morgan fingerprint density at radius 3 is 2.62 bits per heavy atom. The summed E-state index contributed by atoms with van der Waals surface area (Å²) < 4.78 is 13.0. The van der Waals surface area contributed by atoms with Crippen LogP contribution in [-0.2, 0) is 0 Å². The number of nitrogens with one attached hydrogen (secondary N) is 1. The highest BCUT2D eigenvalue weighted by Gasteiger charge is 2.11. The topological polar surface area (TPSA) is 12.0 Å². The van der Waals surface area contributed by atoms with Gasteiger partial charge in [-0.25, -0.2) is 4.39 Å². The number of benzene rings is 2. The molecule has 21 heavy (non-hydrogen) atoms. The highest BCUT2D eigenvalue weighted by Crippen LogP contribution is 2.35. The molecule has 3 rings (SSSR count). The van der Waals surface area contributed by atoms with Crippen LogP contribution in [-0.4, -0.2) is 13.1 Å². The van der Waals surface area contributed by atoms with E-state index < -0.39 is 0 Å². The minimum atomic E-state index is -0.192. The van der Waals surface area contributed by atoms with Crippen molar-refractivity contribution in [1.82, 2.24) is 5.32 Å². The molecule has 1 aliphatic heterocycles. The van der Waals surface area contributed by atoms with Gasteiger partial charge in [-0.2, -0.15) is 0 Å². The van der Waals surface area contributed by atoms with Crippen LogP contribution in [0.2, 0.25) is 0 Å². The van der Waals surface area contributed by atoms with Crippen LogP contribution in [0.5, 0.6) is 0 Å². The van der Waals surface area contributed by atoms with Crippen LogP contribution in [0.1, 0.15) is 17.5 Å². The third-order valence-corrected chi connectivity index (χ3v) is 4.63. The van der Waals surface area contributed by atoms with Crippen molar-refractivity contribution in [2.75, 3.05) is 13.1 Å². The van der Waals surface area contributed by atoms with E-state index in [4.69, 9.17) is 0 Å². The molecule has 2 aromatic rings. The SMILES string of the molecule is Cc1ccc(Sc2ccc(F)cc2)c(C2=CCCNC2)c1. The molecule has 0 unspecified atom stereocenters. The van der Waals surface area contributed by atoms with Gasteiger partial charge in [-0.05, 0) is 61.4 Å². The first-order valence-corrected chi connectivity index (χ1v) is 7.98. The fraction of sp³-hybridized carbons (Fsp3) is 0.222. The molecule has 1 heterocycles. The average molecular weight is 299 g/mol. The Kier molecular flexibility index (Phi) is 4.42. The molecule has 3 heteroatoms. The van der Waals surface area contributed by atoms with Gasteiger partial charge in [-0.15, -0.1) is 0 Å². The van der Waals surface area contributed by atoms with Crippen LogP contribution >= 0.6 is 11.8 Å². The van der Waals surface area contributed by atoms with Crippen molar-refractivity contribution in [3.8, 4) is 0 Å². The Morgan fingerprint density at radius 2 is 1.90 bits per heavy atom. The smallest absolute Gasteiger partial charge is 0.123 e. The molecule has 0 amide bonds. The second-order valence-electron chi connectivity index (χ2n) is 5.25.